The molecule has 2 atom stereocenters. The average Bonchev–Trinajstić information content (AvgIpc) is 3.18. The third-order valence-corrected chi connectivity index (χ3v) is 5.25. The summed E-state index contributed by atoms with van der Waals surface area (Å²) in [6.45, 7) is 9.67. The van der Waals surface area contributed by atoms with E-state index in [-0.39, 0.29) is 11.7 Å². The summed E-state index contributed by atoms with van der Waals surface area (Å²) in [6, 6.07) is 8.40. The van der Waals surface area contributed by atoms with Gasteiger partial charge in [-0.25, -0.2) is 0 Å². The normalized spacial score (nSPS) is 24.9. The molecular weight excluding hydrogens is 260 g/mol. The van der Waals surface area contributed by atoms with Crippen LogP contribution in [0.3, 0.4) is 0 Å². The van der Waals surface area contributed by atoms with E-state index < -0.39 is 0 Å². The lowest BCUT2D eigenvalue weighted by Crippen LogP contribution is -2.36. The van der Waals surface area contributed by atoms with Crippen molar-refractivity contribution >= 4 is 5.91 Å². The maximum absolute atomic E-state index is 12.8. The highest BCUT2D eigenvalue weighted by Crippen LogP contribution is 2.46. The minimum Gasteiger partial charge on any atom is -0.321 e. The summed E-state index contributed by atoms with van der Waals surface area (Å²) in [5, 5.41) is 3.62. The summed E-state index contributed by atoms with van der Waals surface area (Å²) in [5.41, 5.74) is 2.25. The van der Waals surface area contributed by atoms with Crippen molar-refractivity contribution in [2.24, 2.45) is 11.8 Å². The molecule has 3 nitrogen and oxygen atoms in total. The number of carbonyl (C=O) groups excluding carboxylic acids is 1. The Morgan fingerprint density at radius 3 is 2.52 bits per heavy atom. The molecule has 1 spiro atoms. The number of amides is 1. The molecule has 1 aliphatic heterocycles. The van der Waals surface area contributed by atoms with Gasteiger partial charge in [-0.3, -0.25) is 10.1 Å². The van der Waals surface area contributed by atoms with Gasteiger partial charge < -0.3 is 4.90 Å². The molecule has 1 amide bonds. The summed E-state index contributed by atoms with van der Waals surface area (Å²) < 4.78 is 0. The fraction of sp³-hybridized carbons (Fsp3) is 0.611. The molecule has 1 saturated carbocycles. The molecule has 21 heavy (non-hydrogen) atoms. The second-order valence-corrected chi connectivity index (χ2v) is 7.16. The van der Waals surface area contributed by atoms with Gasteiger partial charge in [-0.15, -0.1) is 0 Å². The summed E-state index contributed by atoms with van der Waals surface area (Å²) >= 11 is 0. The van der Waals surface area contributed by atoms with Crippen LogP contribution in [0.2, 0.25) is 0 Å². The van der Waals surface area contributed by atoms with Crippen molar-refractivity contribution < 1.29 is 4.79 Å². The first-order valence-electron chi connectivity index (χ1n) is 8.09. The van der Waals surface area contributed by atoms with E-state index in [2.05, 4.69) is 62.2 Å². The number of nitrogens with zero attached hydrogens (tertiary/aromatic N) is 1. The lowest BCUT2D eigenvalue weighted by atomic mass is 9.96. The van der Waals surface area contributed by atoms with E-state index >= 15 is 0 Å². The number of carbonyl (C=O) groups is 1. The molecule has 2 aliphatic rings. The fourth-order valence-electron chi connectivity index (χ4n) is 3.13. The Morgan fingerprint density at radius 1 is 1.29 bits per heavy atom. The monoisotopic (exact) mass is 286 g/mol. The summed E-state index contributed by atoms with van der Waals surface area (Å²) in [5.74, 6) is 1.41. The molecule has 1 aromatic carbocycles. The number of benzene rings is 1. The smallest absolute Gasteiger partial charge is 0.244 e. The Hall–Kier alpha value is -1.35. The molecule has 1 aromatic rings. The van der Waals surface area contributed by atoms with Gasteiger partial charge in [0.1, 0.15) is 11.7 Å². The van der Waals surface area contributed by atoms with E-state index in [1.54, 1.807) is 0 Å². The Balaban J connectivity index is 1.90. The van der Waals surface area contributed by atoms with Gasteiger partial charge in [-0.1, -0.05) is 45.0 Å². The third kappa shape index (κ3) is 2.48. The van der Waals surface area contributed by atoms with Crippen LogP contribution in [0.25, 0.3) is 0 Å². The minimum absolute atomic E-state index is 0.0439. The number of hydrogen-bond acceptors (Lipinski definition) is 2. The Labute approximate surface area is 127 Å². The van der Waals surface area contributed by atoms with Gasteiger partial charge in [0.15, 0.2) is 0 Å². The zero-order valence-corrected chi connectivity index (χ0v) is 13.5. The van der Waals surface area contributed by atoms with Crippen LogP contribution in [0.4, 0.5) is 0 Å². The molecule has 2 unspecified atom stereocenters. The van der Waals surface area contributed by atoms with E-state index in [9.17, 15) is 4.79 Å². The SMILES string of the molecule is Cc1ccccc1C1NC2(CC2)C(=O)N1CC(C)C(C)C. The molecule has 1 heterocycles. The van der Waals surface area contributed by atoms with Gasteiger partial charge in [0.25, 0.3) is 0 Å². The highest BCUT2D eigenvalue weighted by molar-refractivity contribution is 5.92. The first-order valence-corrected chi connectivity index (χ1v) is 8.09. The molecule has 0 aromatic heterocycles. The van der Waals surface area contributed by atoms with Crippen LogP contribution in [0.1, 0.15) is 50.9 Å². The van der Waals surface area contributed by atoms with Gasteiger partial charge >= 0.3 is 0 Å². The highest BCUT2D eigenvalue weighted by atomic mass is 16.2. The van der Waals surface area contributed by atoms with Gasteiger partial charge in [0.2, 0.25) is 5.91 Å². The predicted octanol–water partition coefficient (Wildman–Crippen LogP) is 3.25. The number of nitrogens with one attached hydrogen (secondary N) is 1. The molecule has 1 saturated heterocycles. The first kappa shape index (κ1) is 14.6. The zero-order valence-electron chi connectivity index (χ0n) is 13.5. The van der Waals surface area contributed by atoms with E-state index in [1.165, 1.54) is 11.1 Å². The van der Waals surface area contributed by atoms with Crippen molar-refractivity contribution in [1.29, 1.82) is 0 Å². The number of rotatable bonds is 4. The van der Waals surface area contributed by atoms with Crippen molar-refractivity contribution in [3.05, 3.63) is 35.4 Å². The predicted molar refractivity (Wildman–Crippen MR) is 84.7 cm³/mol. The van der Waals surface area contributed by atoms with Crippen LogP contribution in [-0.4, -0.2) is 22.9 Å². The molecule has 1 N–H and O–H groups in total. The van der Waals surface area contributed by atoms with Crippen LogP contribution in [0.15, 0.2) is 24.3 Å². The van der Waals surface area contributed by atoms with Gasteiger partial charge in [-0.2, -0.15) is 0 Å². The van der Waals surface area contributed by atoms with Gasteiger partial charge in [0.05, 0.1) is 0 Å². The first-order chi connectivity index (χ1) is 9.94. The second kappa shape index (κ2) is 5.13. The second-order valence-electron chi connectivity index (χ2n) is 7.16. The van der Waals surface area contributed by atoms with Crippen LogP contribution in [0, 0.1) is 18.8 Å². The molecule has 3 heteroatoms. The quantitative estimate of drug-likeness (QED) is 0.921. The van der Waals surface area contributed by atoms with Crippen LogP contribution < -0.4 is 5.32 Å². The molecule has 3 rings (SSSR count). The lowest BCUT2D eigenvalue weighted by Gasteiger charge is -2.29. The van der Waals surface area contributed by atoms with E-state index in [0.717, 1.165) is 19.4 Å². The molecular formula is C18H26N2O. The van der Waals surface area contributed by atoms with Crippen molar-refractivity contribution in [2.45, 2.75) is 52.2 Å². The van der Waals surface area contributed by atoms with Crippen molar-refractivity contribution in [3.63, 3.8) is 0 Å². The highest BCUT2D eigenvalue weighted by Gasteiger charge is 2.59. The Morgan fingerprint density at radius 2 is 1.95 bits per heavy atom. The molecule has 1 aliphatic carbocycles. The minimum atomic E-state index is -0.246. The van der Waals surface area contributed by atoms with Crippen LogP contribution in [0.5, 0.6) is 0 Å². The van der Waals surface area contributed by atoms with E-state index in [4.69, 9.17) is 0 Å². The van der Waals surface area contributed by atoms with Crippen molar-refractivity contribution in [2.75, 3.05) is 6.54 Å². The zero-order chi connectivity index (χ0) is 15.2. The Bertz CT molecular complexity index is 548. The molecule has 114 valence electrons. The molecule has 0 bridgehead atoms. The van der Waals surface area contributed by atoms with Gasteiger partial charge in [0, 0.05) is 6.54 Å². The van der Waals surface area contributed by atoms with Gasteiger partial charge in [-0.05, 0) is 42.7 Å². The third-order valence-electron chi connectivity index (χ3n) is 5.25. The van der Waals surface area contributed by atoms with Crippen molar-refractivity contribution in [1.82, 2.24) is 10.2 Å². The van der Waals surface area contributed by atoms with Crippen LogP contribution >= 0.6 is 0 Å². The van der Waals surface area contributed by atoms with Crippen molar-refractivity contribution in [3.8, 4) is 0 Å². The number of aryl methyl sites for hydroxylation is 1. The topological polar surface area (TPSA) is 32.3 Å². The maximum Gasteiger partial charge on any atom is 0.244 e. The average molecular weight is 286 g/mol. The summed E-state index contributed by atoms with van der Waals surface area (Å²) in [6.07, 6.45) is 2.02. The van der Waals surface area contributed by atoms with Crippen LogP contribution in [-0.2, 0) is 4.79 Å². The largest absolute Gasteiger partial charge is 0.321 e. The number of hydrogen-bond donors (Lipinski definition) is 1. The Kier molecular flexibility index (Phi) is 3.56. The molecule has 2 fully saturated rings. The lowest BCUT2D eigenvalue weighted by molar-refractivity contribution is -0.131. The summed E-state index contributed by atoms with van der Waals surface area (Å²) in [7, 11) is 0. The molecule has 0 radical (unpaired) electrons. The van der Waals surface area contributed by atoms with E-state index in [0.29, 0.717) is 17.7 Å². The summed E-state index contributed by atoms with van der Waals surface area (Å²) in [4.78, 5) is 14.9. The standard InChI is InChI=1S/C18H26N2O/c1-12(2)14(4)11-20-16(15-8-6-5-7-13(15)3)19-18(9-10-18)17(20)21/h5-8,12,14,16,19H,9-11H2,1-4H3. The maximum atomic E-state index is 12.8. The van der Waals surface area contributed by atoms with E-state index in [1.807, 2.05) is 0 Å². The fourth-order valence-corrected chi connectivity index (χ4v) is 3.13.